The van der Waals surface area contributed by atoms with Crippen LogP contribution in [-0.2, 0) is 5.41 Å². The molecule has 0 fully saturated rings. The molecule has 0 amide bonds. The number of hydrogen-bond donors (Lipinski definition) is 1. The number of aromatic nitrogens is 1. The molecular formula is C10H11BrN2O. The summed E-state index contributed by atoms with van der Waals surface area (Å²) in [5.41, 5.74) is 0.767. The van der Waals surface area contributed by atoms with Crippen LogP contribution in [0.4, 0.5) is 0 Å². The number of nitrogens with zero attached hydrogens (tertiary/aromatic N) is 2. The number of nitriles is 1. The number of pyridine rings is 1. The fraction of sp³-hybridized carbons (Fsp3) is 0.400. The Kier molecular flexibility index (Phi) is 2.81. The van der Waals surface area contributed by atoms with Crippen LogP contribution in [0.5, 0.6) is 5.88 Å². The molecule has 3 nitrogen and oxygen atoms in total. The molecule has 1 aromatic rings. The molecule has 0 aliphatic heterocycles. The van der Waals surface area contributed by atoms with Gasteiger partial charge in [0, 0.05) is 9.89 Å². The second kappa shape index (κ2) is 3.58. The van der Waals surface area contributed by atoms with Crippen molar-refractivity contribution in [3.05, 3.63) is 21.8 Å². The van der Waals surface area contributed by atoms with Crippen molar-refractivity contribution >= 4 is 15.9 Å². The molecule has 14 heavy (non-hydrogen) atoms. The fourth-order valence-corrected chi connectivity index (χ4v) is 2.00. The smallest absolute Gasteiger partial charge is 0.229 e. The van der Waals surface area contributed by atoms with Crippen molar-refractivity contribution < 1.29 is 5.11 Å². The van der Waals surface area contributed by atoms with Crippen LogP contribution in [0, 0.1) is 11.3 Å². The van der Waals surface area contributed by atoms with Crippen molar-refractivity contribution in [3.8, 4) is 11.9 Å². The van der Waals surface area contributed by atoms with Gasteiger partial charge in [0.1, 0.15) is 11.6 Å². The van der Waals surface area contributed by atoms with E-state index in [0.29, 0.717) is 0 Å². The van der Waals surface area contributed by atoms with Crippen molar-refractivity contribution in [2.75, 3.05) is 0 Å². The van der Waals surface area contributed by atoms with Crippen LogP contribution in [0.2, 0.25) is 0 Å². The zero-order valence-electron chi connectivity index (χ0n) is 8.30. The van der Waals surface area contributed by atoms with Gasteiger partial charge in [0.2, 0.25) is 5.88 Å². The molecule has 1 aromatic heterocycles. The first-order valence-electron chi connectivity index (χ1n) is 4.16. The normalized spacial score (nSPS) is 11.1. The first kappa shape index (κ1) is 11.0. The second-order valence-electron chi connectivity index (χ2n) is 4.05. The molecule has 0 saturated carbocycles. The maximum Gasteiger partial charge on any atom is 0.229 e. The number of halogens is 1. The molecule has 0 saturated heterocycles. The molecule has 1 rings (SSSR count). The van der Waals surface area contributed by atoms with Gasteiger partial charge < -0.3 is 5.11 Å². The highest BCUT2D eigenvalue weighted by Gasteiger charge is 2.21. The first-order chi connectivity index (χ1) is 6.36. The van der Waals surface area contributed by atoms with Crippen LogP contribution in [0.1, 0.15) is 32.0 Å². The summed E-state index contributed by atoms with van der Waals surface area (Å²) in [7, 11) is 0. The van der Waals surface area contributed by atoms with Gasteiger partial charge in [-0.15, -0.1) is 0 Å². The molecule has 1 N–H and O–H groups in total. The molecule has 0 bridgehead atoms. The van der Waals surface area contributed by atoms with E-state index in [2.05, 4.69) is 20.9 Å². The fourth-order valence-electron chi connectivity index (χ4n) is 1.09. The maximum atomic E-state index is 9.42. The Bertz CT molecular complexity index is 402. The Balaban J connectivity index is 3.38. The molecule has 0 atom stereocenters. The van der Waals surface area contributed by atoms with Crippen LogP contribution in [0.15, 0.2) is 10.5 Å². The van der Waals surface area contributed by atoms with Gasteiger partial charge in [0.05, 0.1) is 5.69 Å². The molecule has 1 heterocycles. The van der Waals surface area contributed by atoms with Gasteiger partial charge in [0.15, 0.2) is 0 Å². The Morgan fingerprint density at radius 2 is 2.07 bits per heavy atom. The summed E-state index contributed by atoms with van der Waals surface area (Å²) in [6.45, 7) is 5.97. The quantitative estimate of drug-likeness (QED) is 0.775. The minimum Gasteiger partial charge on any atom is -0.492 e. The highest BCUT2D eigenvalue weighted by Crippen LogP contribution is 2.31. The topological polar surface area (TPSA) is 56.9 Å². The lowest BCUT2D eigenvalue weighted by atomic mass is 9.91. The van der Waals surface area contributed by atoms with Crippen LogP contribution in [-0.4, -0.2) is 10.1 Å². The zero-order chi connectivity index (χ0) is 10.9. The maximum absolute atomic E-state index is 9.42. The predicted molar refractivity (Wildman–Crippen MR) is 57.0 cm³/mol. The lowest BCUT2D eigenvalue weighted by molar-refractivity contribution is 0.439. The Hall–Kier alpha value is -1.08. The monoisotopic (exact) mass is 254 g/mol. The van der Waals surface area contributed by atoms with Crippen molar-refractivity contribution in [1.29, 1.82) is 5.26 Å². The average Bonchev–Trinajstić information content (AvgIpc) is 2.06. The van der Waals surface area contributed by atoms with E-state index in [1.807, 2.05) is 26.8 Å². The van der Waals surface area contributed by atoms with Gasteiger partial charge in [-0.2, -0.15) is 5.26 Å². The average molecular weight is 255 g/mol. The number of hydrogen-bond acceptors (Lipinski definition) is 3. The zero-order valence-corrected chi connectivity index (χ0v) is 9.88. The lowest BCUT2D eigenvalue weighted by Gasteiger charge is -2.19. The Morgan fingerprint density at radius 1 is 1.50 bits per heavy atom. The summed E-state index contributed by atoms with van der Waals surface area (Å²) < 4.78 is 0.749. The van der Waals surface area contributed by atoms with E-state index in [1.54, 1.807) is 6.07 Å². The highest BCUT2D eigenvalue weighted by molar-refractivity contribution is 9.10. The Labute approximate surface area is 91.5 Å². The van der Waals surface area contributed by atoms with Gasteiger partial charge in [-0.3, -0.25) is 0 Å². The molecule has 0 aliphatic carbocycles. The molecule has 0 unspecified atom stereocenters. The van der Waals surface area contributed by atoms with Crippen LogP contribution in [0.25, 0.3) is 0 Å². The summed E-state index contributed by atoms with van der Waals surface area (Å²) in [5, 5.41) is 18.1. The Morgan fingerprint density at radius 3 is 2.50 bits per heavy atom. The first-order valence-corrected chi connectivity index (χ1v) is 4.95. The van der Waals surface area contributed by atoms with Gasteiger partial charge >= 0.3 is 0 Å². The van der Waals surface area contributed by atoms with E-state index in [0.717, 1.165) is 10.2 Å². The van der Waals surface area contributed by atoms with Crippen molar-refractivity contribution in [1.82, 2.24) is 4.98 Å². The largest absolute Gasteiger partial charge is 0.492 e. The molecule has 0 spiro atoms. The van der Waals surface area contributed by atoms with E-state index in [1.165, 1.54) is 0 Å². The minimum atomic E-state index is -0.208. The van der Waals surface area contributed by atoms with Crippen LogP contribution < -0.4 is 0 Å². The van der Waals surface area contributed by atoms with Gasteiger partial charge in [-0.05, 0) is 22.0 Å². The molecule has 0 aliphatic rings. The second-order valence-corrected chi connectivity index (χ2v) is 4.91. The van der Waals surface area contributed by atoms with E-state index in [-0.39, 0.29) is 16.9 Å². The van der Waals surface area contributed by atoms with E-state index in [9.17, 15) is 5.11 Å². The van der Waals surface area contributed by atoms with Gasteiger partial charge in [0.25, 0.3) is 0 Å². The molecule has 74 valence electrons. The predicted octanol–water partition coefficient (Wildman–Crippen LogP) is 2.72. The van der Waals surface area contributed by atoms with Crippen molar-refractivity contribution in [2.45, 2.75) is 26.2 Å². The third kappa shape index (κ3) is 2.05. The summed E-state index contributed by atoms with van der Waals surface area (Å²) in [5.74, 6) is -0.208. The molecule has 0 radical (unpaired) electrons. The summed E-state index contributed by atoms with van der Waals surface area (Å²) >= 11 is 3.33. The van der Waals surface area contributed by atoms with Crippen LogP contribution >= 0.6 is 15.9 Å². The SMILES string of the molecule is CC(C)(C)c1nc(O)c(C#N)cc1Br. The van der Waals surface area contributed by atoms with E-state index in [4.69, 9.17) is 5.26 Å². The van der Waals surface area contributed by atoms with Crippen molar-refractivity contribution in [2.24, 2.45) is 0 Å². The standard InChI is InChI=1S/C10H11BrN2O/c1-10(2,3)8-7(11)4-6(5-12)9(14)13-8/h4H,1-3H3,(H,13,14). The third-order valence-corrected chi connectivity index (χ3v) is 2.39. The molecule has 0 aromatic carbocycles. The van der Waals surface area contributed by atoms with Crippen molar-refractivity contribution in [3.63, 3.8) is 0 Å². The molecular weight excluding hydrogens is 244 g/mol. The minimum absolute atomic E-state index is 0.162. The number of rotatable bonds is 0. The highest BCUT2D eigenvalue weighted by atomic mass is 79.9. The van der Waals surface area contributed by atoms with Crippen LogP contribution in [0.3, 0.4) is 0 Å². The summed E-state index contributed by atoms with van der Waals surface area (Å²) in [6.07, 6.45) is 0. The summed E-state index contributed by atoms with van der Waals surface area (Å²) in [4.78, 5) is 4.00. The van der Waals surface area contributed by atoms with Gasteiger partial charge in [-0.25, -0.2) is 4.98 Å². The van der Waals surface area contributed by atoms with E-state index >= 15 is 0 Å². The third-order valence-electron chi connectivity index (χ3n) is 1.79. The summed E-state index contributed by atoms with van der Waals surface area (Å²) in [6, 6.07) is 3.46. The van der Waals surface area contributed by atoms with Gasteiger partial charge in [-0.1, -0.05) is 20.8 Å². The number of aromatic hydroxyl groups is 1. The molecule has 4 heteroatoms. The lowest BCUT2D eigenvalue weighted by Crippen LogP contribution is -2.14. The van der Waals surface area contributed by atoms with E-state index < -0.39 is 0 Å².